The van der Waals surface area contributed by atoms with Crippen LogP contribution in [-0.2, 0) is 23.0 Å². The molecule has 0 aliphatic carbocycles. The third-order valence-electron chi connectivity index (χ3n) is 4.45. The van der Waals surface area contributed by atoms with Crippen molar-refractivity contribution >= 4 is 10.1 Å². The minimum absolute atomic E-state index is 0. The van der Waals surface area contributed by atoms with Crippen molar-refractivity contribution in [2.45, 2.75) is 84.7 Å². The molecule has 0 aliphatic rings. The Kier molecular flexibility index (Phi) is 14.0. The summed E-state index contributed by atoms with van der Waals surface area (Å²) in [4.78, 5) is 0. The molecule has 0 saturated heterocycles. The van der Waals surface area contributed by atoms with E-state index in [1.165, 1.54) is 24.0 Å². The van der Waals surface area contributed by atoms with Gasteiger partial charge in [-0.15, -0.1) is 0 Å². The van der Waals surface area contributed by atoms with E-state index in [9.17, 15) is 13.0 Å². The Bertz CT molecular complexity index is 602. The average molecular weight is 393 g/mol. The van der Waals surface area contributed by atoms with Gasteiger partial charge in [0.1, 0.15) is 11.9 Å². The summed E-state index contributed by atoms with van der Waals surface area (Å²) in [6.45, 7) is 6.21. The third-order valence-corrected chi connectivity index (χ3v) is 5.23. The first-order valence-corrected chi connectivity index (χ1v) is 11.2. The topological polar surface area (TPSA) is 66.4 Å². The Morgan fingerprint density at radius 1 is 1.00 bits per heavy atom. The van der Waals surface area contributed by atoms with Crippen LogP contribution in [0.5, 0.6) is 5.75 Å². The zero-order valence-electron chi connectivity index (χ0n) is 16.9. The molecule has 0 radical (unpaired) electrons. The Balaban J connectivity index is 0.00000625. The SMILES string of the molecule is CCCCCc1cccc(OC(CC)CS(=O)(=O)[O-])c1CCCCC.[Na+]. The fourth-order valence-corrected chi connectivity index (χ4v) is 3.76. The monoisotopic (exact) mass is 392 g/mol. The van der Waals surface area contributed by atoms with Crippen molar-refractivity contribution < 1.29 is 47.3 Å². The molecule has 0 saturated carbocycles. The number of hydrogen-bond acceptors (Lipinski definition) is 4. The van der Waals surface area contributed by atoms with Crippen LogP contribution in [0.1, 0.15) is 76.8 Å². The molecule has 26 heavy (non-hydrogen) atoms. The predicted octanol–water partition coefficient (Wildman–Crippen LogP) is 1.86. The van der Waals surface area contributed by atoms with E-state index in [0.717, 1.165) is 44.3 Å². The molecule has 1 unspecified atom stereocenters. The number of unbranched alkanes of at least 4 members (excludes halogenated alkanes) is 4. The zero-order valence-corrected chi connectivity index (χ0v) is 19.7. The largest absolute Gasteiger partial charge is 1.00 e. The summed E-state index contributed by atoms with van der Waals surface area (Å²) in [7, 11) is -4.29. The van der Waals surface area contributed by atoms with E-state index in [4.69, 9.17) is 4.74 Å². The summed E-state index contributed by atoms with van der Waals surface area (Å²) in [6.07, 6.45) is 8.80. The van der Waals surface area contributed by atoms with Gasteiger partial charge in [-0.05, 0) is 49.3 Å². The minimum atomic E-state index is -4.29. The Morgan fingerprint density at radius 2 is 1.62 bits per heavy atom. The van der Waals surface area contributed by atoms with Crippen molar-refractivity contribution in [2.75, 3.05) is 5.75 Å². The number of hydrogen-bond donors (Lipinski definition) is 0. The van der Waals surface area contributed by atoms with Crippen LogP contribution in [0.2, 0.25) is 0 Å². The van der Waals surface area contributed by atoms with E-state index in [0.29, 0.717) is 6.42 Å². The fraction of sp³-hybridized carbons (Fsp3) is 0.700. The van der Waals surface area contributed by atoms with Crippen molar-refractivity contribution in [3.63, 3.8) is 0 Å². The number of benzene rings is 1. The van der Waals surface area contributed by atoms with E-state index < -0.39 is 22.0 Å². The average Bonchev–Trinajstić information content (AvgIpc) is 2.55. The van der Waals surface area contributed by atoms with Crippen LogP contribution in [0.3, 0.4) is 0 Å². The number of ether oxygens (including phenoxy) is 1. The van der Waals surface area contributed by atoms with Gasteiger partial charge in [-0.2, -0.15) is 0 Å². The van der Waals surface area contributed by atoms with Crippen LogP contribution in [-0.4, -0.2) is 24.8 Å². The second kappa shape index (κ2) is 14.0. The van der Waals surface area contributed by atoms with E-state index in [-0.39, 0.29) is 29.6 Å². The van der Waals surface area contributed by atoms with Gasteiger partial charge < -0.3 is 9.29 Å². The van der Waals surface area contributed by atoms with Gasteiger partial charge in [-0.1, -0.05) is 58.6 Å². The normalized spacial score (nSPS) is 12.5. The quantitative estimate of drug-likeness (QED) is 0.292. The summed E-state index contributed by atoms with van der Waals surface area (Å²) >= 11 is 0. The van der Waals surface area contributed by atoms with E-state index >= 15 is 0 Å². The van der Waals surface area contributed by atoms with Gasteiger partial charge in [0.15, 0.2) is 0 Å². The van der Waals surface area contributed by atoms with Crippen molar-refractivity contribution in [1.29, 1.82) is 0 Å². The molecule has 0 bridgehead atoms. The van der Waals surface area contributed by atoms with Gasteiger partial charge in [-0.25, -0.2) is 8.42 Å². The molecule has 1 aromatic rings. The maximum absolute atomic E-state index is 11.1. The van der Waals surface area contributed by atoms with E-state index in [2.05, 4.69) is 19.9 Å². The summed E-state index contributed by atoms with van der Waals surface area (Å²) < 4.78 is 39.2. The smallest absolute Gasteiger partial charge is 0.748 e. The molecule has 1 aromatic carbocycles. The van der Waals surface area contributed by atoms with Crippen molar-refractivity contribution in [1.82, 2.24) is 0 Å². The van der Waals surface area contributed by atoms with Crippen molar-refractivity contribution in [3.05, 3.63) is 29.3 Å². The standard InChI is InChI=1S/C20H34O4S.Na/c1-4-7-9-12-17-13-11-15-20(19(17)14-10-8-5-2)24-18(6-3)16-25(21,22)23;/h11,13,15,18H,4-10,12,14,16H2,1-3H3,(H,21,22,23);/q;+1/p-1. The molecular weight excluding hydrogens is 359 g/mol. The molecule has 0 spiro atoms. The molecule has 1 atom stereocenters. The predicted molar refractivity (Wildman–Crippen MR) is 102 cm³/mol. The maximum atomic E-state index is 11.1. The van der Waals surface area contributed by atoms with Crippen molar-refractivity contribution in [3.8, 4) is 5.75 Å². The van der Waals surface area contributed by atoms with Gasteiger partial charge in [0.2, 0.25) is 0 Å². The van der Waals surface area contributed by atoms with Gasteiger partial charge in [0.05, 0.1) is 15.9 Å². The fourth-order valence-electron chi connectivity index (χ4n) is 3.00. The number of rotatable bonds is 13. The molecule has 4 nitrogen and oxygen atoms in total. The molecule has 0 aromatic heterocycles. The first-order chi connectivity index (χ1) is 11.9. The molecule has 0 amide bonds. The molecule has 0 N–H and O–H groups in total. The minimum Gasteiger partial charge on any atom is -0.748 e. The molecule has 0 heterocycles. The Morgan fingerprint density at radius 3 is 2.15 bits per heavy atom. The van der Waals surface area contributed by atoms with Crippen LogP contribution >= 0.6 is 0 Å². The van der Waals surface area contributed by atoms with E-state index in [1.807, 2.05) is 19.1 Å². The van der Waals surface area contributed by atoms with Gasteiger partial charge in [-0.3, -0.25) is 0 Å². The molecule has 144 valence electrons. The maximum Gasteiger partial charge on any atom is 1.00 e. The molecule has 0 fully saturated rings. The summed E-state index contributed by atoms with van der Waals surface area (Å²) in [5.41, 5.74) is 2.48. The van der Waals surface area contributed by atoms with Gasteiger partial charge in [0.25, 0.3) is 0 Å². The zero-order chi connectivity index (χ0) is 18.7. The Hall–Kier alpha value is -0.0700. The van der Waals surface area contributed by atoms with Crippen LogP contribution in [0.15, 0.2) is 18.2 Å². The second-order valence-electron chi connectivity index (χ2n) is 6.68. The van der Waals surface area contributed by atoms with Crippen LogP contribution in [0, 0.1) is 0 Å². The van der Waals surface area contributed by atoms with E-state index in [1.54, 1.807) is 0 Å². The Labute approximate surface area is 182 Å². The van der Waals surface area contributed by atoms with Gasteiger partial charge >= 0.3 is 29.6 Å². The first-order valence-electron chi connectivity index (χ1n) is 9.62. The molecular formula is C20H33NaO4S. The summed E-state index contributed by atoms with van der Waals surface area (Å²) in [6, 6.07) is 6.03. The first kappa shape index (κ1) is 25.9. The van der Waals surface area contributed by atoms with Crippen molar-refractivity contribution in [2.24, 2.45) is 0 Å². The number of aryl methyl sites for hydroxylation is 1. The summed E-state index contributed by atoms with van der Waals surface area (Å²) in [5.74, 6) is 0.276. The second-order valence-corrected chi connectivity index (χ2v) is 8.13. The summed E-state index contributed by atoms with van der Waals surface area (Å²) in [5, 5.41) is 0. The molecule has 1 rings (SSSR count). The molecule has 6 heteroatoms. The van der Waals surface area contributed by atoms with Gasteiger partial charge in [0, 0.05) is 0 Å². The van der Waals surface area contributed by atoms with Crippen LogP contribution < -0.4 is 34.3 Å². The van der Waals surface area contributed by atoms with Crippen LogP contribution in [0.25, 0.3) is 0 Å². The van der Waals surface area contributed by atoms with Crippen LogP contribution in [0.4, 0.5) is 0 Å². The third kappa shape index (κ3) is 10.3. The molecule has 0 aliphatic heterocycles.